The maximum atomic E-state index is 12.6. The van der Waals surface area contributed by atoms with Crippen LogP contribution in [0, 0.1) is 0 Å². The lowest BCUT2D eigenvalue weighted by Crippen LogP contribution is -2.28. The van der Waals surface area contributed by atoms with Crippen LogP contribution in [0.3, 0.4) is 0 Å². The average molecular weight is 359 g/mol. The highest BCUT2D eigenvalue weighted by Crippen LogP contribution is 2.29. The molecule has 1 amide bonds. The van der Waals surface area contributed by atoms with Crippen molar-refractivity contribution in [1.29, 1.82) is 0 Å². The molecule has 26 heavy (non-hydrogen) atoms. The zero-order valence-corrected chi connectivity index (χ0v) is 15.9. The minimum atomic E-state index is -0.0774. The minimum absolute atomic E-state index is 0.0774. The number of carbonyl (C=O) groups excluding carboxylic acids is 1. The predicted octanol–water partition coefficient (Wildman–Crippen LogP) is 3.04. The van der Waals surface area contributed by atoms with Gasteiger partial charge >= 0.3 is 0 Å². The van der Waals surface area contributed by atoms with Crippen LogP contribution in [0.15, 0.2) is 36.4 Å². The van der Waals surface area contributed by atoms with Gasteiger partial charge in [0.05, 0.1) is 28.4 Å². The van der Waals surface area contributed by atoms with Crippen molar-refractivity contribution in [3.63, 3.8) is 0 Å². The van der Waals surface area contributed by atoms with E-state index in [1.807, 2.05) is 18.2 Å². The molecule has 6 nitrogen and oxygen atoms in total. The van der Waals surface area contributed by atoms with Gasteiger partial charge in [-0.3, -0.25) is 4.79 Å². The third kappa shape index (κ3) is 4.39. The Morgan fingerprint density at radius 2 is 1.35 bits per heavy atom. The van der Waals surface area contributed by atoms with Crippen molar-refractivity contribution in [2.75, 3.05) is 42.0 Å². The fourth-order valence-electron chi connectivity index (χ4n) is 2.62. The summed E-state index contributed by atoms with van der Waals surface area (Å²) in [6.07, 6.45) is 0.704. The average Bonchev–Trinajstić information content (AvgIpc) is 2.70. The van der Waals surface area contributed by atoms with Crippen molar-refractivity contribution >= 4 is 5.91 Å². The van der Waals surface area contributed by atoms with Crippen LogP contribution in [-0.2, 0) is 6.42 Å². The Morgan fingerprint density at radius 3 is 1.92 bits per heavy atom. The fourth-order valence-corrected chi connectivity index (χ4v) is 2.62. The number of amides is 1. The summed E-state index contributed by atoms with van der Waals surface area (Å²) in [6.45, 7) is 0.572. The van der Waals surface area contributed by atoms with Gasteiger partial charge in [-0.05, 0) is 42.3 Å². The number of benzene rings is 2. The summed E-state index contributed by atoms with van der Waals surface area (Å²) in [4.78, 5) is 14.3. The number of hydrogen-bond acceptors (Lipinski definition) is 5. The molecule has 0 N–H and O–H groups in total. The summed E-state index contributed by atoms with van der Waals surface area (Å²) in [5.74, 6) is 2.42. The van der Waals surface area contributed by atoms with Crippen LogP contribution in [0.4, 0.5) is 0 Å². The van der Waals surface area contributed by atoms with E-state index < -0.39 is 0 Å². The van der Waals surface area contributed by atoms with E-state index in [4.69, 9.17) is 18.9 Å². The highest BCUT2D eigenvalue weighted by Gasteiger charge is 2.15. The standard InChI is InChI=1S/C20H25NO5/c1-21(11-10-14-6-8-16(23-2)18(12-14)25-4)20(22)15-7-9-17(24-3)19(13-15)26-5/h6-9,12-13H,10-11H2,1-5H3. The van der Waals surface area contributed by atoms with E-state index in [-0.39, 0.29) is 5.91 Å². The van der Waals surface area contributed by atoms with E-state index in [1.54, 1.807) is 58.6 Å². The van der Waals surface area contributed by atoms with Crippen LogP contribution >= 0.6 is 0 Å². The second kappa shape index (κ2) is 8.99. The molecule has 0 heterocycles. The predicted molar refractivity (Wildman–Crippen MR) is 99.8 cm³/mol. The van der Waals surface area contributed by atoms with E-state index in [9.17, 15) is 4.79 Å². The third-order valence-corrected chi connectivity index (χ3v) is 4.16. The van der Waals surface area contributed by atoms with Crippen molar-refractivity contribution in [2.45, 2.75) is 6.42 Å². The molecular formula is C20H25NO5. The van der Waals surface area contributed by atoms with Gasteiger partial charge in [0.1, 0.15) is 0 Å². The fraction of sp³-hybridized carbons (Fsp3) is 0.350. The zero-order chi connectivity index (χ0) is 19.1. The van der Waals surface area contributed by atoms with Gasteiger partial charge < -0.3 is 23.8 Å². The maximum Gasteiger partial charge on any atom is 0.253 e. The van der Waals surface area contributed by atoms with E-state index >= 15 is 0 Å². The summed E-state index contributed by atoms with van der Waals surface area (Å²) in [5.41, 5.74) is 1.62. The summed E-state index contributed by atoms with van der Waals surface area (Å²) in [6, 6.07) is 10.9. The number of nitrogens with zero attached hydrogens (tertiary/aromatic N) is 1. The van der Waals surface area contributed by atoms with Crippen molar-refractivity contribution in [2.24, 2.45) is 0 Å². The van der Waals surface area contributed by atoms with Crippen LogP contribution in [0.25, 0.3) is 0 Å². The Morgan fingerprint density at radius 1 is 0.808 bits per heavy atom. The molecule has 0 aliphatic rings. The molecular weight excluding hydrogens is 334 g/mol. The van der Waals surface area contributed by atoms with Crippen LogP contribution in [-0.4, -0.2) is 52.8 Å². The van der Waals surface area contributed by atoms with E-state index in [1.165, 1.54) is 0 Å². The molecule has 0 aliphatic carbocycles. The molecule has 0 fully saturated rings. The first-order chi connectivity index (χ1) is 12.5. The monoisotopic (exact) mass is 359 g/mol. The van der Waals surface area contributed by atoms with Gasteiger partial charge in [0.2, 0.25) is 0 Å². The van der Waals surface area contributed by atoms with E-state index in [0.717, 1.165) is 5.56 Å². The van der Waals surface area contributed by atoms with Crippen LogP contribution in [0.2, 0.25) is 0 Å². The van der Waals surface area contributed by atoms with Crippen LogP contribution in [0.5, 0.6) is 23.0 Å². The SMILES string of the molecule is COc1ccc(CCN(C)C(=O)c2ccc(OC)c(OC)c2)cc1OC. The Balaban J connectivity index is 2.05. The molecule has 6 heteroatoms. The Kier molecular flexibility index (Phi) is 6.72. The second-order valence-electron chi connectivity index (χ2n) is 5.74. The second-order valence-corrected chi connectivity index (χ2v) is 5.74. The van der Waals surface area contributed by atoms with Gasteiger partial charge in [-0.25, -0.2) is 0 Å². The van der Waals surface area contributed by atoms with Crippen LogP contribution < -0.4 is 18.9 Å². The summed E-state index contributed by atoms with van der Waals surface area (Å²) < 4.78 is 21.0. The molecule has 0 saturated carbocycles. The number of methoxy groups -OCH3 is 4. The molecule has 2 aromatic carbocycles. The molecule has 0 radical (unpaired) electrons. The Bertz CT molecular complexity index is 760. The van der Waals surface area contributed by atoms with Crippen LogP contribution in [0.1, 0.15) is 15.9 Å². The molecule has 0 bridgehead atoms. The number of ether oxygens (including phenoxy) is 4. The molecule has 0 saturated heterocycles. The summed E-state index contributed by atoms with van der Waals surface area (Å²) >= 11 is 0. The van der Waals surface area contributed by atoms with Gasteiger partial charge in [-0.1, -0.05) is 6.07 Å². The smallest absolute Gasteiger partial charge is 0.253 e. The molecule has 0 spiro atoms. The molecule has 2 rings (SSSR count). The van der Waals surface area contributed by atoms with Gasteiger partial charge in [0.15, 0.2) is 23.0 Å². The first kappa shape index (κ1) is 19.4. The molecule has 0 aliphatic heterocycles. The number of carbonyl (C=O) groups is 1. The highest BCUT2D eigenvalue weighted by atomic mass is 16.5. The van der Waals surface area contributed by atoms with Gasteiger partial charge in [0, 0.05) is 19.2 Å². The lowest BCUT2D eigenvalue weighted by Gasteiger charge is -2.18. The summed E-state index contributed by atoms with van der Waals surface area (Å²) in [5, 5.41) is 0. The maximum absolute atomic E-state index is 12.6. The van der Waals surface area contributed by atoms with E-state index in [2.05, 4.69) is 0 Å². The lowest BCUT2D eigenvalue weighted by atomic mass is 10.1. The Labute approximate surface area is 154 Å². The molecule has 0 aromatic heterocycles. The van der Waals surface area contributed by atoms with Crippen molar-refractivity contribution in [3.8, 4) is 23.0 Å². The van der Waals surface area contributed by atoms with Gasteiger partial charge in [-0.15, -0.1) is 0 Å². The van der Waals surface area contributed by atoms with Gasteiger partial charge in [-0.2, -0.15) is 0 Å². The molecule has 0 unspecified atom stereocenters. The Hall–Kier alpha value is -2.89. The number of rotatable bonds is 8. The molecule has 2 aromatic rings. The van der Waals surface area contributed by atoms with Crippen molar-refractivity contribution < 1.29 is 23.7 Å². The topological polar surface area (TPSA) is 57.2 Å². The number of likely N-dealkylation sites (N-methyl/N-ethyl adjacent to an activating group) is 1. The summed E-state index contributed by atoms with van der Waals surface area (Å²) in [7, 11) is 8.10. The van der Waals surface area contributed by atoms with Gasteiger partial charge in [0.25, 0.3) is 5.91 Å². The zero-order valence-electron chi connectivity index (χ0n) is 15.9. The van der Waals surface area contributed by atoms with Crippen molar-refractivity contribution in [3.05, 3.63) is 47.5 Å². The molecule has 0 atom stereocenters. The van der Waals surface area contributed by atoms with Crippen molar-refractivity contribution in [1.82, 2.24) is 4.90 Å². The first-order valence-corrected chi connectivity index (χ1v) is 8.22. The highest BCUT2D eigenvalue weighted by molar-refractivity contribution is 5.94. The third-order valence-electron chi connectivity index (χ3n) is 4.16. The number of hydrogen-bond donors (Lipinski definition) is 0. The first-order valence-electron chi connectivity index (χ1n) is 8.22. The van der Waals surface area contributed by atoms with E-state index in [0.29, 0.717) is 41.5 Å². The molecule has 140 valence electrons. The largest absolute Gasteiger partial charge is 0.493 e. The normalized spacial score (nSPS) is 10.2. The quantitative estimate of drug-likeness (QED) is 0.725. The lowest BCUT2D eigenvalue weighted by molar-refractivity contribution is 0.0796. The minimum Gasteiger partial charge on any atom is -0.493 e.